The van der Waals surface area contributed by atoms with Crippen molar-refractivity contribution in [1.82, 2.24) is 5.32 Å². The van der Waals surface area contributed by atoms with E-state index in [2.05, 4.69) is 5.32 Å². The van der Waals surface area contributed by atoms with E-state index in [0.29, 0.717) is 0 Å². The van der Waals surface area contributed by atoms with Crippen molar-refractivity contribution >= 4 is 11.3 Å². The zero-order valence-electron chi connectivity index (χ0n) is 10.6. The van der Waals surface area contributed by atoms with Gasteiger partial charge in [0.1, 0.15) is 0 Å². The van der Waals surface area contributed by atoms with Crippen LogP contribution < -0.4 is 5.32 Å². The van der Waals surface area contributed by atoms with Gasteiger partial charge >= 0.3 is 6.18 Å². The fourth-order valence-electron chi connectivity index (χ4n) is 1.71. The molecule has 19 heavy (non-hydrogen) atoms. The minimum absolute atomic E-state index is 0.244. The van der Waals surface area contributed by atoms with Crippen LogP contribution in [-0.4, -0.2) is 7.05 Å². The number of rotatable bonds is 3. The quantitative estimate of drug-likeness (QED) is 0.861. The monoisotopic (exact) mass is 285 g/mol. The summed E-state index contributed by atoms with van der Waals surface area (Å²) in [5.74, 6) is 0. The molecule has 1 N–H and O–H groups in total. The van der Waals surface area contributed by atoms with Crippen molar-refractivity contribution in [2.24, 2.45) is 0 Å². The molecule has 1 unspecified atom stereocenters. The second kappa shape index (κ2) is 5.35. The first kappa shape index (κ1) is 14.1. The number of nitrogens with one attached hydrogen (secondary N) is 1. The van der Waals surface area contributed by atoms with Crippen LogP contribution in [-0.2, 0) is 6.18 Å². The summed E-state index contributed by atoms with van der Waals surface area (Å²) in [7, 11) is 1.88. The maximum Gasteiger partial charge on any atom is 0.416 e. The molecule has 1 heterocycles. The highest BCUT2D eigenvalue weighted by atomic mass is 32.1. The van der Waals surface area contributed by atoms with E-state index in [1.165, 1.54) is 12.1 Å². The number of benzene rings is 1. The second-order valence-electron chi connectivity index (χ2n) is 4.29. The molecule has 2 aromatic rings. The predicted octanol–water partition coefficient (Wildman–Crippen LogP) is 4.71. The zero-order valence-corrected chi connectivity index (χ0v) is 11.4. The maximum absolute atomic E-state index is 12.5. The lowest BCUT2D eigenvalue weighted by Crippen LogP contribution is -2.10. The van der Waals surface area contributed by atoms with Gasteiger partial charge in [-0.3, -0.25) is 0 Å². The molecule has 0 spiro atoms. The molecule has 0 radical (unpaired) electrons. The molecule has 5 heteroatoms. The Morgan fingerprint density at radius 2 is 1.68 bits per heavy atom. The first-order valence-corrected chi connectivity index (χ1v) is 6.68. The van der Waals surface area contributed by atoms with Gasteiger partial charge in [0.05, 0.1) is 5.56 Å². The summed E-state index contributed by atoms with van der Waals surface area (Å²) in [5, 5.41) is 3.14. The Hall–Kier alpha value is -1.33. The molecular formula is C14H14F3NS. The summed E-state index contributed by atoms with van der Waals surface area (Å²) in [5.41, 5.74) is 0.198. The van der Waals surface area contributed by atoms with Crippen LogP contribution in [0, 0.1) is 0 Å². The van der Waals surface area contributed by atoms with Crippen molar-refractivity contribution in [2.45, 2.75) is 19.1 Å². The van der Waals surface area contributed by atoms with Gasteiger partial charge in [-0.2, -0.15) is 13.2 Å². The lowest BCUT2D eigenvalue weighted by molar-refractivity contribution is -0.137. The van der Waals surface area contributed by atoms with Gasteiger partial charge in [0, 0.05) is 15.8 Å². The molecule has 1 aromatic heterocycles. The van der Waals surface area contributed by atoms with E-state index in [1.807, 2.05) is 26.1 Å². The van der Waals surface area contributed by atoms with E-state index in [-0.39, 0.29) is 6.04 Å². The molecule has 0 aliphatic heterocycles. The fraction of sp³-hybridized carbons (Fsp3) is 0.286. The average molecular weight is 285 g/mol. The van der Waals surface area contributed by atoms with Gasteiger partial charge in [0.25, 0.3) is 0 Å². The molecule has 0 saturated carbocycles. The van der Waals surface area contributed by atoms with Gasteiger partial charge in [-0.1, -0.05) is 12.1 Å². The van der Waals surface area contributed by atoms with E-state index >= 15 is 0 Å². The highest BCUT2D eigenvalue weighted by Crippen LogP contribution is 2.34. The van der Waals surface area contributed by atoms with E-state index < -0.39 is 11.7 Å². The van der Waals surface area contributed by atoms with Crippen LogP contribution in [0.5, 0.6) is 0 Å². The fourth-order valence-corrected chi connectivity index (χ4v) is 2.78. The molecule has 102 valence electrons. The van der Waals surface area contributed by atoms with Crippen molar-refractivity contribution in [3.05, 3.63) is 46.8 Å². The smallest absolute Gasteiger partial charge is 0.313 e. The van der Waals surface area contributed by atoms with Crippen LogP contribution >= 0.6 is 11.3 Å². The minimum atomic E-state index is -4.28. The zero-order chi connectivity index (χ0) is 14.0. The molecular weight excluding hydrogens is 271 g/mol. The molecule has 1 nitrogen and oxygen atoms in total. The van der Waals surface area contributed by atoms with Gasteiger partial charge in [-0.15, -0.1) is 11.3 Å². The normalized spacial score (nSPS) is 13.5. The summed E-state index contributed by atoms with van der Waals surface area (Å²) in [4.78, 5) is 2.14. The summed E-state index contributed by atoms with van der Waals surface area (Å²) < 4.78 is 37.4. The summed E-state index contributed by atoms with van der Waals surface area (Å²) in [6, 6.07) is 9.46. The molecule has 2 rings (SSSR count). The van der Waals surface area contributed by atoms with Crippen molar-refractivity contribution in [3.63, 3.8) is 0 Å². The highest BCUT2D eigenvalue weighted by Gasteiger charge is 2.30. The molecule has 0 amide bonds. The molecule has 0 aliphatic carbocycles. The van der Waals surface area contributed by atoms with Crippen LogP contribution in [0.3, 0.4) is 0 Å². The first-order chi connectivity index (χ1) is 8.91. The summed E-state index contributed by atoms with van der Waals surface area (Å²) in [6.45, 7) is 2.04. The maximum atomic E-state index is 12.5. The Kier molecular flexibility index (Phi) is 3.96. The van der Waals surface area contributed by atoms with Crippen LogP contribution in [0.2, 0.25) is 0 Å². The molecule has 1 atom stereocenters. The van der Waals surface area contributed by atoms with E-state index in [9.17, 15) is 13.2 Å². The molecule has 0 saturated heterocycles. The lowest BCUT2D eigenvalue weighted by Gasteiger charge is -2.07. The molecule has 0 aliphatic rings. The topological polar surface area (TPSA) is 12.0 Å². The molecule has 1 aromatic carbocycles. The first-order valence-electron chi connectivity index (χ1n) is 5.86. The number of hydrogen-bond donors (Lipinski definition) is 1. The number of alkyl halides is 3. The van der Waals surface area contributed by atoms with Crippen molar-refractivity contribution in [2.75, 3.05) is 7.05 Å². The number of thiophene rings is 1. The Morgan fingerprint density at radius 1 is 1.05 bits per heavy atom. The summed E-state index contributed by atoms with van der Waals surface area (Å²) in [6.07, 6.45) is -4.28. The second-order valence-corrected chi connectivity index (χ2v) is 5.40. The lowest BCUT2D eigenvalue weighted by atomic mass is 10.1. The minimum Gasteiger partial charge on any atom is -0.313 e. The average Bonchev–Trinajstić information content (AvgIpc) is 2.86. The van der Waals surface area contributed by atoms with Crippen LogP contribution in [0.15, 0.2) is 36.4 Å². The third-order valence-corrected chi connectivity index (χ3v) is 4.30. The van der Waals surface area contributed by atoms with Gasteiger partial charge in [-0.25, -0.2) is 0 Å². The van der Waals surface area contributed by atoms with Gasteiger partial charge in [0.2, 0.25) is 0 Å². The molecule has 0 fully saturated rings. The van der Waals surface area contributed by atoms with Gasteiger partial charge in [-0.05, 0) is 43.8 Å². The Bertz CT molecular complexity index is 543. The van der Waals surface area contributed by atoms with Crippen molar-refractivity contribution in [3.8, 4) is 10.4 Å². The third kappa shape index (κ3) is 3.16. The standard InChI is InChI=1S/C14H14F3NS/c1-9(18-2)12-7-8-13(19-12)10-3-5-11(6-4-10)14(15,16)17/h3-9,18H,1-2H3. The van der Waals surface area contributed by atoms with E-state index in [0.717, 1.165) is 27.5 Å². The van der Waals surface area contributed by atoms with Gasteiger partial charge in [0.15, 0.2) is 0 Å². The number of halogens is 3. The van der Waals surface area contributed by atoms with Crippen molar-refractivity contribution < 1.29 is 13.2 Å². The highest BCUT2D eigenvalue weighted by molar-refractivity contribution is 7.15. The summed E-state index contributed by atoms with van der Waals surface area (Å²) >= 11 is 1.59. The third-order valence-electron chi connectivity index (χ3n) is 2.98. The van der Waals surface area contributed by atoms with Crippen molar-refractivity contribution in [1.29, 1.82) is 0 Å². The number of hydrogen-bond acceptors (Lipinski definition) is 2. The van der Waals surface area contributed by atoms with E-state index in [4.69, 9.17) is 0 Å². The predicted molar refractivity (Wildman–Crippen MR) is 72.2 cm³/mol. The molecule has 0 bridgehead atoms. The largest absolute Gasteiger partial charge is 0.416 e. The SMILES string of the molecule is CNC(C)c1ccc(-c2ccc(C(F)(F)F)cc2)s1. The Balaban J connectivity index is 2.25. The van der Waals surface area contributed by atoms with Crippen LogP contribution in [0.1, 0.15) is 23.4 Å². The Morgan fingerprint density at radius 3 is 2.21 bits per heavy atom. The van der Waals surface area contributed by atoms with Gasteiger partial charge < -0.3 is 5.32 Å². The van der Waals surface area contributed by atoms with E-state index in [1.54, 1.807) is 11.3 Å². The van der Waals surface area contributed by atoms with Crippen LogP contribution in [0.4, 0.5) is 13.2 Å². The van der Waals surface area contributed by atoms with Crippen LogP contribution in [0.25, 0.3) is 10.4 Å². The Labute approximate surface area is 114 Å².